The van der Waals surface area contributed by atoms with Gasteiger partial charge in [0.2, 0.25) is 0 Å². The van der Waals surface area contributed by atoms with Crippen molar-refractivity contribution in [3.05, 3.63) is 23.9 Å². The van der Waals surface area contributed by atoms with Crippen LogP contribution in [0, 0.1) is 11.8 Å². The molecule has 1 heterocycles. The Morgan fingerprint density at radius 3 is 2.62 bits per heavy atom. The van der Waals surface area contributed by atoms with Crippen LogP contribution >= 0.6 is 0 Å². The van der Waals surface area contributed by atoms with Gasteiger partial charge in [-0.25, -0.2) is 4.98 Å². The van der Waals surface area contributed by atoms with Crippen LogP contribution in [-0.4, -0.2) is 36.9 Å². The van der Waals surface area contributed by atoms with Gasteiger partial charge < -0.3 is 9.64 Å². The number of esters is 1. The fourth-order valence-corrected chi connectivity index (χ4v) is 3.52. The van der Waals surface area contributed by atoms with E-state index in [9.17, 15) is 9.59 Å². The molecule has 0 atom stereocenters. The fourth-order valence-electron chi connectivity index (χ4n) is 3.52. The van der Waals surface area contributed by atoms with E-state index in [1.54, 1.807) is 12.3 Å². The van der Waals surface area contributed by atoms with Crippen molar-refractivity contribution >= 4 is 18.1 Å². The van der Waals surface area contributed by atoms with Crippen molar-refractivity contribution in [3.63, 3.8) is 0 Å². The molecular formula is C19H28N2O3. The molecule has 0 unspecified atom stereocenters. The van der Waals surface area contributed by atoms with Crippen LogP contribution in [0.4, 0.5) is 5.82 Å². The summed E-state index contributed by atoms with van der Waals surface area (Å²) < 4.78 is 5.05. The Morgan fingerprint density at radius 2 is 2.00 bits per heavy atom. The highest BCUT2D eigenvalue weighted by Crippen LogP contribution is 2.32. The highest BCUT2D eigenvalue weighted by Gasteiger charge is 2.25. The quantitative estimate of drug-likeness (QED) is 0.539. The predicted molar refractivity (Wildman–Crippen MR) is 94.2 cm³/mol. The number of anilines is 1. The van der Waals surface area contributed by atoms with Crippen LogP contribution in [0.3, 0.4) is 0 Å². The van der Waals surface area contributed by atoms with Gasteiger partial charge in [-0.05, 0) is 63.5 Å². The number of carbonyl (C=O) groups excluding carboxylic acids is 2. The first kappa shape index (κ1) is 18.4. The number of nitrogens with zero attached hydrogens (tertiary/aromatic N) is 2. The Kier molecular flexibility index (Phi) is 7.22. The minimum Gasteiger partial charge on any atom is -0.466 e. The second kappa shape index (κ2) is 9.40. The van der Waals surface area contributed by atoms with Gasteiger partial charge in [-0.2, -0.15) is 0 Å². The summed E-state index contributed by atoms with van der Waals surface area (Å²) in [4.78, 5) is 29.4. The number of hydrogen-bond acceptors (Lipinski definition) is 5. The Bertz CT molecular complexity index is 539. The standard InChI is InChI=1S/C19H28N2O3/c1-3-21(19-17(14-22)6-5-11-20-19)13-16-9-7-15(8-10-16)12-18(23)24-4-2/h5-6,11,14-16H,3-4,7-10,12-13H2,1-2H3/t15-,16-. The lowest BCUT2D eigenvalue weighted by Gasteiger charge is -2.33. The van der Waals surface area contributed by atoms with Crippen LogP contribution in [0.1, 0.15) is 56.3 Å². The second-order valence-corrected chi connectivity index (χ2v) is 6.47. The third kappa shape index (κ3) is 5.05. The topological polar surface area (TPSA) is 59.5 Å². The third-order valence-corrected chi connectivity index (χ3v) is 4.83. The molecule has 132 valence electrons. The third-order valence-electron chi connectivity index (χ3n) is 4.83. The van der Waals surface area contributed by atoms with Gasteiger partial charge in [0.1, 0.15) is 5.82 Å². The number of aldehydes is 1. The van der Waals surface area contributed by atoms with E-state index in [4.69, 9.17) is 4.74 Å². The maximum absolute atomic E-state index is 11.6. The monoisotopic (exact) mass is 332 g/mol. The lowest BCUT2D eigenvalue weighted by atomic mass is 9.80. The summed E-state index contributed by atoms with van der Waals surface area (Å²) in [5, 5.41) is 0. The molecule has 5 nitrogen and oxygen atoms in total. The molecule has 0 aliphatic heterocycles. The van der Waals surface area contributed by atoms with Crippen molar-refractivity contribution < 1.29 is 14.3 Å². The van der Waals surface area contributed by atoms with Crippen LogP contribution < -0.4 is 4.90 Å². The first-order valence-corrected chi connectivity index (χ1v) is 8.98. The molecule has 1 aliphatic carbocycles. The van der Waals surface area contributed by atoms with E-state index in [2.05, 4.69) is 16.8 Å². The fraction of sp³-hybridized carbons (Fsp3) is 0.632. The molecule has 0 saturated heterocycles. The van der Waals surface area contributed by atoms with Crippen molar-refractivity contribution in [3.8, 4) is 0 Å². The van der Waals surface area contributed by atoms with Crippen LogP contribution in [0.5, 0.6) is 0 Å². The Morgan fingerprint density at radius 1 is 1.29 bits per heavy atom. The Labute approximate surface area is 144 Å². The summed E-state index contributed by atoms with van der Waals surface area (Å²) in [6, 6.07) is 3.61. The van der Waals surface area contributed by atoms with Crippen LogP contribution in [0.25, 0.3) is 0 Å². The largest absolute Gasteiger partial charge is 0.466 e. The van der Waals surface area contributed by atoms with Gasteiger partial charge in [0, 0.05) is 25.7 Å². The van der Waals surface area contributed by atoms with E-state index < -0.39 is 0 Å². The molecule has 1 fully saturated rings. The summed E-state index contributed by atoms with van der Waals surface area (Å²) in [5.41, 5.74) is 0.648. The molecule has 0 aromatic carbocycles. The number of carbonyl (C=O) groups is 2. The van der Waals surface area contributed by atoms with Crippen molar-refractivity contribution in [1.29, 1.82) is 0 Å². The zero-order chi connectivity index (χ0) is 17.4. The highest BCUT2D eigenvalue weighted by atomic mass is 16.5. The van der Waals surface area contributed by atoms with E-state index in [0.29, 0.717) is 30.4 Å². The Balaban J connectivity index is 1.87. The lowest BCUT2D eigenvalue weighted by Crippen LogP contribution is -2.33. The molecule has 1 aliphatic rings. The van der Waals surface area contributed by atoms with Crippen molar-refractivity contribution in [2.75, 3.05) is 24.6 Å². The molecule has 1 aromatic rings. The number of ether oxygens (including phenoxy) is 1. The van der Waals surface area contributed by atoms with Crippen molar-refractivity contribution in [2.45, 2.75) is 46.0 Å². The number of pyridine rings is 1. The average Bonchev–Trinajstić information content (AvgIpc) is 2.61. The van der Waals surface area contributed by atoms with Gasteiger partial charge in [0.05, 0.1) is 12.2 Å². The normalized spacial score (nSPS) is 20.4. The van der Waals surface area contributed by atoms with Crippen LogP contribution in [-0.2, 0) is 9.53 Å². The van der Waals surface area contributed by atoms with Crippen molar-refractivity contribution in [1.82, 2.24) is 4.98 Å². The number of aromatic nitrogens is 1. The SMILES string of the molecule is CCOC(=O)C[C@H]1CC[C@H](CN(CC)c2ncccc2C=O)CC1. The van der Waals surface area contributed by atoms with E-state index >= 15 is 0 Å². The molecule has 2 rings (SSSR count). The molecule has 5 heteroatoms. The van der Waals surface area contributed by atoms with E-state index in [1.165, 1.54) is 0 Å². The first-order valence-electron chi connectivity index (χ1n) is 8.98. The summed E-state index contributed by atoms with van der Waals surface area (Å²) >= 11 is 0. The Hall–Kier alpha value is -1.91. The van der Waals surface area contributed by atoms with Crippen molar-refractivity contribution in [2.24, 2.45) is 11.8 Å². The van der Waals surface area contributed by atoms with Crippen LogP contribution in [0.15, 0.2) is 18.3 Å². The van der Waals surface area contributed by atoms with Gasteiger partial charge in [0.15, 0.2) is 6.29 Å². The van der Waals surface area contributed by atoms with E-state index in [0.717, 1.165) is 50.9 Å². The first-order chi connectivity index (χ1) is 11.7. The molecular weight excluding hydrogens is 304 g/mol. The molecule has 0 N–H and O–H groups in total. The second-order valence-electron chi connectivity index (χ2n) is 6.47. The van der Waals surface area contributed by atoms with E-state index in [1.807, 2.05) is 13.0 Å². The van der Waals surface area contributed by atoms with Gasteiger partial charge in [-0.15, -0.1) is 0 Å². The minimum atomic E-state index is -0.0692. The minimum absolute atomic E-state index is 0.0692. The molecule has 0 spiro atoms. The van der Waals surface area contributed by atoms with Gasteiger partial charge >= 0.3 is 5.97 Å². The molecule has 0 bridgehead atoms. The van der Waals surface area contributed by atoms with E-state index in [-0.39, 0.29) is 5.97 Å². The van der Waals surface area contributed by atoms with Gasteiger partial charge in [-0.1, -0.05) is 0 Å². The zero-order valence-electron chi connectivity index (χ0n) is 14.7. The average molecular weight is 332 g/mol. The van der Waals surface area contributed by atoms with Crippen LogP contribution in [0.2, 0.25) is 0 Å². The maximum Gasteiger partial charge on any atom is 0.306 e. The summed E-state index contributed by atoms with van der Waals surface area (Å²) in [5.74, 6) is 1.75. The molecule has 24 heavy (non-hydrogen) atoms. The smallest absolute Gasteiger partial charge is 0.306 e. The van der Waals surface area contributed by atoms with Gasteiger partial charge in [0.25, 0.3) is 0 Å². The summed E-state index contributed by atoms with van der Waals surface area (Å²) in [6.07, 6.45) is 7.54. The number of rotatable bonds is 8. The molecule has 0 radical (unpaired) electrons. The maximum atomic E-state index is 11.6. The molecule has 1 saturated carbocycles. The summed E-state index contributed by atoms with van der Waals surface area (Å²) in [6.45, 7) is 6.15. The lowest BCUT2D eigenvalue weighted by molar-refractivity contribution is -0.144. The highest BCUT2D eigenvalue weighted by molar-refractivity contribution is 5.82. The molecule has 0 amide bonds. The predicted octanol–water partition coefficient (Wildman–Crippen LogP) is 3.48. The number of hydrogen-bond donors (Lipinski definition) is 0. The zero-order valence-corrected chi connectivity index (χ0v) is 14.7. The van der Waals surface area contributed by atoms with Gasteiger partial charge in [-0.3, -0.25) is 9.59 Å². The molecule has 1 aromatic heterocycles. The summed E-state index contributed by atoms with van der Waals surface area (Å²) in [7, 11) is 0.